The van der Waals surface area contributed by atoms with E-state index >= 15 is 0 Å². The second kappa shape index (κ2) is 8.46. The van der Waals surface area contributed by atoms with E-state index in [1.165, 1.54) is 38.5 Å². The number of carbonyl (C=O) groups excluding carboxylic acids is 1. The molecule has 1 amide bonds. The Labute approximate surface area is 116 Å². The van der Waals surface area contributed by atoms with Crippen LogP contribution in [0.4, 0.5) is 0 Å². The third-order valence-corrected chi connectivity index (χ3v) is 3.76. The number of amides is 1. The normalized spacial score (nSPS) is 17.2. The van der Waals surface area contributed by atoms with Gasteiger partial charge in [0, 0.05) is 13.0 Å². The molecule has 4 heteroatoms. The number of hydrogen-bond donors (Lipinski definition) is 1. The molecule has 104 valence electrons. The summed E-state index contributed by atoms with van der Waals surface area (Å²) in [5.41, 5.74) is 5.56. The Morgan fingerprint density at radius 1 is 1.28 bits per heavy atom. The van der Waals surface area contributed by atoms with Gasteiger partial charge in [-0.25, -0.2) is 0 Å². The first kappa shape index (κ1) is 15.4. The summed E-state index contributed by atoms with van der Waals surface area (Å²) in [7, 11) is 0. The Morgan fingerprint density at radius 3 is 2.39 bits per heavy atom. The molecule has 0 aromatic heterocycles. The van der Waals surface area contributed by atoms with Crippen molar-refractivity contribution in [2.45, 2.75) is 58.3 Å². The minimum Gasteiger partial charge on any atom is -0.392 e. The highest BCUT2D eigenvalue weighted by molar-refractivity contribution is 7.80. The molecule has 3 nitrogen and oxygen atoms in total. The molecule has 2 N–H and O–H groups in total. The van der Waals surface area contributed by atoms with E-state index in [1.807, 2.05) is 4.90 Å². The molecule has 1 aliphatic carbocycles. The molecule has 0 aromatic rings. The van der Waals surface area contributed by atoms with Gasteiger partial charge in [0.2, 0.25) is 5.91 Å². The van der Waals surface area contributed by atoms with Gasteiger partial charge >= 0.3 is 0 Å². The Kier molecular flexibility index (Phi) is 7.25. The van der Waals surface area contributed by atoms with E-state index in [2.05, 4.69) is 6.92 Å². The van der Waals surface area contributed by atoms with E-state index in [1.54, 1.807) is 0 Å². The first-order valence-corrected chi connectivity index (χ1v) is 7.60. The van der Waals surface area contributed by atoms with Crippen LogP contribution in [0.1, 0.15) is 58.3 Å². The molecule has 1 saturated carbocycles. The number of carbonyl (C=O) groups is 1. The van der Waals surface area contributed by atoms with Crippen LogP contribution in [-0.2, 0) is 4.79 Å². The van der Waals surface area contributed by atoms with Crippen LogP contribution in [0.25, 0.3) is 0 Å². The van der Waals surface area contributed by atoms with Gasteiger partial charge in [-0.1, -0.05) is 44.8 Å². The van der Waals surface area contributed by atoms with Crippen molar-refractivity contribution < 1.29 is 4.79 Å². The summed E-state index contributed by atoms with van der Waals surface area (Å²) >= 11 is 4.92. The Balaban J connectivity index is 2.45. The van der Waals surface area contributed by atoms with Gasteiger partial charge in [0.25, 0.3) is 0 Å². The van der Waals surface area contributed by atoms with Crippen LogP contribution in [0.2, 0.25) is 0 Å². The molecule has 0 atom stereocenters. The first-order valence-electron chi connectivity index (χ1n) is 7.19. The maximum atomic E-state index is 12.3. The van der Waals surface area contributed by atoms with E-state index in [0.717, 1.165) is 13.0 Å². The Bertz CT molecular complexity index is 273. The lowest BCUT2D eigenvalue weighted by atomic mass is 9.96. The van der Waals surface area contributed by atoms with Gasteiger partial charge in [-0.3, -0.25) is 4.79 Å². The topological polar surface area (TPSA) is 46.3 Å². The third-order valence-electron chi connectivity index (χ3n) is 3.63. The van der Waals surface area contributed by atoms with Crippen molar-refractivity contribution in [3.8, 4) is 0 Å². The van der Waals surface area contributed by atoms with Gasteiger partial charge < -0.3 is 10.6 Å². The molecule has 0 unspecified atom stereocenters. The molecule has 18 heavy (non-hydrogen) atoms. The second-order valence-corrected chi connectivity index (χ2v) is 5.87. The predicted molar refractivity (Wildman–Crippen MR) is 79.5 cm³/mol. The van der Waals surface area contributed by atoms with E-state index in [-0.39, 0.29) is 5.91 Å². The molecular formula is C14H26N2OS. The van der Waals surface area contributed by atoms with Crippen molar-refractivity contribution in [3.63, 3.8) is 0 Å². The summed E-state index contributed by atoms with van der Waals surface area (Å²) in [6.45, 7) is 3.28. The van der Waals surface area contributed by atoms with Crippen LogP contribution in [0.5, 0.6) is 0 Å². The van der Waals surface area contributed by atoms with Gasteiger partial charge in [-0.05, 0) is 25.2 Å². The van der Waals surface area contributed by atoms with Crippen LogP contribution < -0.4 is 5.73 Å². The molecule has 0 saturated heterocycles. The maximum absolute atomic E-state index is 12.3. The van der Waals surface area contributed by atoms with Crippen molar-refractivity contribution in [3.05, 3.63) is 0 Å². The standard InChI is InChI=1S/C14H26N2OS/c1-2-9-16(11-13(15)18)14(17)10-12-7-5-3-4-6-8-12/h12H,2-11H2,1H3,(H2,15,18). The molecule has 1 rings (SSSR count). The van der Waals surface area contributed by atoms with Crippen LogP contribution in [0.15, 0.2) is 0 Å². The highest BCUT2D eigenvalue weighted by atomic mass is 32.1. The lowest BCUT2D eigenvalue weighted by Gasteiger charge is -2.24. The van der Waals surface area contributed by atoms with Gasteiger partial charge in [0.1, 0.15) is 0 Å². The van der Waals surface area contributed by atoms with Crippen LogP contribution in [0.3, 0.4) is 0 Å². The molecule has 1 fully saturated rings. The minimum absolute atomic E-state index is 0.233. The Morgan fingerprint density at radius 2 is 1.89 bits per heavy atom. The van der Waals surface area contributed by atoms with Gasteiger partial charge in [0.15, 0.2) is 0 Å². The Hall–Kier alpha value is -0.640. The predicted octanol–water partition coefficient (Wildman–Crippen LogP) is 2.87. The van der Waals surface area contributed by atoms with E-state index in [9.17, 15) is 4.79 Å². The van der Waals surface area contributed by atoms with Crippen molar-refractivity contribution in [2.75, 3.05) is 13.1 Å². The van der Waals surface area contributed by atoms with Crippen molar-refractivity contribution in [1.29, 1.82) is 0 Å². The van der Waals surface area contributed by atoms with Crippen LogP contribution in [-0.4, -0.2) is 28.9 Å². The fourth-order valence-corrected chi connectivity index (χ4v) is 2.85. The average molecular weight is 270 g/mol. The van der Waals surface area contributed by atoms with Gasteiger partial charge in [-0.15, -0.1) is 0 Å². The lowest BCUT2D eigenvalue weighted by Crippen LogP contribution is -2.39. The number of nitrogens with two attached hydrogens (primary N) is 1. The van der Waals surface area contributed by atoms with Crippen molar-refractivity contribution in [1.82, 2.24) is 4.90 Å². The van der Waals surface area contributed by atoms with Crippen molar-refractivity contribution in [2.24, 2.45) is 11.7 Å². The molecule has 0 spiro atoms. The smallest absolute Gasteiger partial charge is 0.223 e. The fourth-order valence-electron chi connectivity index (χ4n) is 2.69. The number of nitrogens with zero attached hydrogens (tertiary/aromatic N) is 1. The fraction of sp³-hybridized carbons (Fsp3) is 0.857. The van der Waals surface area contributed by atoms with E-state index in [4.69, 9.17) is 18.0 Å². The monoisotopic (exact) mass is 270 g/mol. The lowest BCUT2D eigenvalue weighted by molar-refractivity contribution is -0.131. The van der Waals surface area contributed by atoms with Gasteiger partial charge in [-0.2, -0.15) is 0 Å². The zero-order chi connectivity index (χ0) is 13.4. The van der Waals surface area contributed by atoms with E-state index in [0.29, 0.717) is 23.9 Å². The molecular weight excluding hydrogens is 244 g/mol. The first-order chi connectivity index (χ1) is 8.63. The number of thiocarbonyl (C=S) groups is 1. The number of rotatable bonds is 6. The summed E-state index contributed by atoms with van der Waals surface area (Å²) in [5, 5.41) is 0. The molecule has 1 aliphatic rings. The molecule has 0 heterocycles. The van der Waals surface area contributed by atoms with Crippen LogP contribution in [0, 0.1) is 5.92 Å². The minimum atomic E-state index is 0.233. The summed E-state index contributed by atoms with van der Waals surface area (Å²) in [6.07, 6.45) is 9.27. The highest BCUT2D eigenvalue weighted by Crippen LogP contribution is 2.25. The summed E-state index contributed by atoms with van der Waals surface area (Å²) < 4.78 is 0. The van der Waals surface area contributed by atoms with Crippen molar-refractivity contribution >= 4 is 23.1 Å². The molecule has 0 aliphatic heterocycles. The summed E-state index contributed by atoms with van der Waals surface area (Å²) in [4.78, 5) is 14.5. The molecule has 0 radical (unpaired) electrons. The quantitative estimate of drug-likeness (QED) is 0.596. The molecule has 0 bridgehead atoms. The van der Waals surface area contributed by atoms with E-state index < -0.39 is 0 Å². The third kappa shape index (κ3) is 5.80. The zero-order valence-electron chi connectivity index (χ0n) is 11.5. The zero-order valence-corrected chi connectivity index (χ0v) is 12.3. The second-order valence-electron chi connectivity index (χ2n) is 5.34. The number of hydrogen-bond acceptors (Lipinski definition) is 2. The summed E-state index contributed by atoms with van der Waals surface area (Å²) in [5.74, 6) is 0.808. The summed E-state index contributed by atoms with van der Waals surface area (Å²) in [6, 6.07) is 0. The SMILES string of the molecule is CCCN(CC(N)=S)C(=O)CC1CCCCCC1. The largest absolute Gasteiger partial charge is 0.392 e. The van der Waals surface area contributed by atoms with Crippen LogP contribution >= 0.6 is 12.2 Å². The average Bonchev–Trinajstić information content (AvgIpc) is 2.56. The maximum Gasteiger partial charge on any atom is 0.223 e. The molecule has 0 aromatic carbocycles. The highest BCUT2D eigenvalue weighted by Gasteiger charge is 2.20. The van der Waals surface area contributed by atoms with Gasteiger partial charge in [0.05, 0.1) is 11.5 Å².